The largest absolute Gasteiger partial charge is 0.339 e. The van der Waals surface area contributed by atoms with E-state index in [1.54, 1.807) is 6.20 Å². The Morgan fingerprint density at radius 1 is 1.17 bits per heavy atom. The third-order valence-electron chi connectivity index (χ3n) is 6.09. The molecule has 1 amide bonds. The number of aromatic nitrogens is 2. The van der Waals surface area contributed by atoms with Crippen LogP contribution in [0.15, 0.2) is 35.7 Å². The molecule has 1 unspecified atom stereocenters. The van der Waals surface area contributed by atoms with Gasteiger partial charge in [-0.15, -0.1) is 0 Å². The maximum atomic E-state index is 12.7. The summed E-state index contributed by atoms with van der Waals surface area (Å²) in [7, 11) is -2.88. The van der Waals surface area contributed by atoms with Crippen LogP contribution in [0.3, 0.4) is 0 Å². The van der Waals surface area contributed by atoms with E-state index in [0.29, 0.717) is 31.0 Å². The molecule has 0 bridgehead atoms. The van der Waals surface area contributed by atoms with Crippen LogP contribution in [-0.2, 0) is 14.6 Å². The van der Waals surface area contributed by atoms with E-state index < -0.39 is 9.84 Å². The Bertz CT molecular complexity index is 1030. The molecule has 2 aromatic rings. The molecular weight excluding hydrogens is 420 g/mol. The monoisotopic (exact) mass is 448 g/mol. The molecular formula is C21H28N4O3S2. The van der Waals surface area contributed by atoms with E-state index >= 15 is 0 Å². The number of amides is 1. The summed E-state index contributed by atoms with van der Waals surface area (Å²) in [6.07, 6.45) is 4.40. The van der Waals surface area contributed by atoms with E-state index in [1.807, 2.05) is 15.7 Å². The lowest BCUT2D eigenvalue weighted by Gasteiger charge is -2.37. The zero-order valence-corrected chi connectivity index (χ0v) is 19.1. The fraction of sp³-hybridized carbons (Fsp3) is 0.524. The van der Waals surface area contributed by atoms with Crippen LogP contribution in [0.5, 0.6) is 0 Å². The lowest BCUT2D eigenvalue weighted by Crippen LogP contribution is -2.52. The molecule has 7 nitrogen and oxygen atoms in total. The maximum absolute atomic E-state index is 12.7. The van der Waals surface area contributed by atoms with Gasteiger partial charge in [0.1, 0.15) is 0 Å². The lowest BCUT2D eigenvalue weighted by atomic mass is 10.1. The number of hydrogen-bond acceptors (Lipinski definition) is 6. The molecule has 2 aliphatic heterocycles. The topological polar surface area (TPSA) is 75.5 Å². The first-order valence-electron chi connectivity index (χ1n) is 10.3. The third-order valence-corrected chi connectivity index (χ3v) is 8.79. The maximum Gasteiger partial charge on any atom is 0.233 e. The molecule has 2 saturated heterocycles. The zero-order chi connectivity index (χ0) is 21.3. The van der Waals surface area contributed by atoms with Crippen molar-refractivity contribution in [2.45, 2.75) is 31.5 Å². The molecule has 1 aromatic heterocycles. The van der Waals surface area contributed by atoms with Gasteiger partial charge in [-0.3, -0.25) is 14.3 Å². The van der Waals surface area contributed by atoms with Gasteiger partial charge in [0.2, 0.25) is 5.91 Å². The van der Waals surface area contributed by atoms with Crippen LogP contribution >= 0.6 is 11.8 Å². The van der Waals surface area contributed by atoms with Gasteiger partial charge >= 0.3 is 0 Å². The average molecular weight is 449 g/mol. The number of rotatable bonds is 5. The summed E-state index contributed by atoms with van der Waals surface area (Å²) < 4.78 is 25.5. The summed E-state index contributed by atoms with van der Waals surface area (Å²) in [4.78, 5) is 21.3. The Morgan fingerprint density at radius 2 is 1.93 bits per heavy atom. The molecule has 3 heterocycles. The second-order valence-corrected chi connectivity index (χ2v) is 11.3. The van der Waals surface area contributed by atoms with Gasteiger partial charge in [0.05, 0.1) is 17.3 Å². The molecule has 30 heavy (non-hydrogen) atoms. The molecule has 1 atom stereocenters. The molecule has 162 valence electrons. The van der Waals surface area contributed by atoms with Gasteiger partial charge in [-0.1, -0.05) is 17.8 Å². The van der Waals surface area contributed by atoms with Gasteiger partial charge in [-0.05, 0) is 43.5 Å². The summed E-state index contributed by atoms with van der Waals surface area (Å²) in [6.45, 7) is 6.98. The number of thioether (sulfide) groups is 1. The summed E-state index contributed by atoms with van der Waals surface area (Å²) in [5.74, 6) is 1.01. The highest BCUT2D eigenvalue weighted by Gasteiger charge is 2.34. The fourth-order valence-corrected chi connectivity index (χ4v) is 6.72. The van der Waals surface area contributed by atoms with Crippen LogP contribution < -0.4 is 0 Å². The number of benzene rings is 1. The molecule has 2 aliphatic rings. The molecule has 2 fully saturated rings. The Morgan fingerprint density at radius 3 is 2.60 bits per heavy atom. The highest BCUT2D eigenvalue weighted by atomic mass is 32.2. The number of carbonyl (C=O) groups excluding carboxylic acids is 1. The smallest absolute Gasteiger partial charge is 0.233 e. The van der Waals surface area contributed by atoms with Crippen molar-refractivity contribution in [3.63, 3.8) is 0 Å². The number of nitrogens with zero attached hydrogens (tertiary/aromatic N) is 4. The Balaban J connectivity index is 1.31. The van der Waals surface area contributed by atoms with Crippen LogP contribution in [0, 0.1) is 13.8 Å². The van der Waals surface area contributed by atoms with Crippen molar-refractivity contribution in [3.05, 3.63) is 41.7 Å². The van der Waals surface area contributed by atoms with Crippen LogP contribution in [-0.4, -0.2) is 83.2 Å². The Hall–Kier alpha value is -1.84. The Kier molecular flexibility index (Phi) is 6.22. The van der Waals surface area contributed by atoms with Crippen LogP contribution in [0.1, 0.15) is 17.5 Å². The van der Waals surface area contributed by atoms with Crippen molar-refractivity contribution in [2.75, 3.05) is 43.4 Å². The van der Waals surface area contributed by atoms with Crippen molar-refractivity contribution < 1.29 is 13.2 Å². The predicted octanol–water partition coefficient (Wildman–Crippen LogP) is 1.91. The zero-order valence-electron chi connectivity index (χ0n) is 17.5. The molecule has 0 N–H and O–H groups in total. The molecule has 0 aliphatic carbocycles. The fourth-order valence-electron chi connectivity index (χ4n) is 4.09. The number of sulfone groups is 1. The van der Waals surface area contributed by atoms with E-state index in [0.717, 1.165) is 23.9 Å². The van der Waals surface area contributed by atoms with Gasteiger partial charge in [-0.25, -0.2) is 13.4 Å². The van der Waals surface area contributed by atoms with Crippen LogP contribution in [0.4, 0.5) is 0 Å². The summed E-state index contributed by atoms with van der Waals surface area (Å²) >= 11 is 1.45. The average Bonchev–Trinajstić information content (AvgIpc) is 3.34. The lowest BCUT2D eigenvalue weighted by molar-refractivity contribution is -0.130. The minimum Gasteiger partial charge on any atom is -0.339 e. The highest BCUT2D eigenvalue weighted by Crippen LogP contribution is 2.23. The van der Waals surface area contributed by atoms with Crippen LogP contribution in [0.2, 0.25) is 0 Å². The van der Waals surface area contributed by atoms with E-state index in [-0.39, 0.29) is 17.7 Å². The van der Waals surface area contributed by atoms with E-state index in [9.17, 15) is 13.2 Å². The van der Waals surface area contributed by atoms with E-state index in [2.05, 4.69) is 41.9 Å². The first kappa shape index (κ1) is 21.4. The molecule has 4 rings (SSSR count). The first-order chi connectivity index (χ1) is 14.3. The molecule has 1 aromatic carbocycles. The normalized spacial score (nSPS) is 21.8. The Labute approximate surface area is 182 Å². The second-order valence-electron chi connectivity index (χ2n) is 8.11. The standard InChI is InChI=1S/C21H28N4O3S2/c1-16-3-4-18(13-17(16)2)25-7-6-22-21(25)29-14-20(26)24-10-8-23(9-11-24)19-5-12-30(27,28)15-19/h3-4,6-7,13,19H,5,8-12,14-15H2,1-2H3. The van der Waals surface area contributed by atoms with Gasteiger partial charge < -0.3 is 4.90 Å². The van der Waals surface area contributed by atoms with Crippen molar-refractivity contribution >= 4 is 27.5 Å². The van der Waals surface area contributed by atoms with Gasteiger partial charge in [0.25, 0.3) is 0 Å². The number of piperazine rings is 1. The number of hydrogen-bond donors (Lipinski definition) is 0. The van der Waals surface area contributed by atoms with Crippen molar-refractivity contribution in [2.24, 2.45) is 0 Å². The number of aryl methyl sites for hydroxylation is 2. The summed E-state index contributed by atoms with van der Waals surface area (Å²) in [5.41, 5.74) is 3.52. The quantitative estimate of drug-likeness (QED) is 0.651. The molecule has 0 radical (unpaired) electrons. The van der Waals surface area contributed by atoms with Gasteiger partial charge in [0, 0.05) is 50.3 Å². The van der Waals surface area contributed by atoms with Gasteiger partial charge in [-0.2, -0.15) is 0 Å². The minimum atomic E-state index is -2.88. The molecule has 9 heteroatoms. The van der Waals surface area contributed by atoms with Crippen LogP contribution in [0.25, 0.3) is 5.69 Å². The second kappa shape index (κ2) is 8.72. The molecule has 0 saturated carbocycles. The highest BCUT2D eigenvalue weighted by molar-refractivity contribution is 7.99. The molecule has 0 spiro atoms. The van der Waals surface area contributed by atoms with Crippen molar-refractivity contribution in [3.8, 4) is 5.69 Å². The number of imidazole rings is 1. The van der Waals surface area contributed by atoms with E-state index in [4.69, 9.17) is 0 Å². The van der Waals surface area contributed by atoms with E-state index in [1.165, 1.54) is 22.9 Å². The summed E-state index contributed by atoms with van der Waals surface area (Å²) in [6, 6.07) is 6.41. The van der Waals surface area contributed by atoms with Crippen molar-refractivity contribution in [1.29, 1.82) is 0 Å². The third kappa shape index (κ3) is 4.73. The number of carbonyl (C=O) groups is 1. The summed E-state index contributed by atoms with van der Waals surface area (Å²) in [5, 5.41) is 0.807. The first-order valence-corrected chi connectivity index (χ1v) is 13.1. The van der Waals surface area contributed by atoms with Gasteiger partial charge in [0.15, 0.2) is 15.0 Å². The minimum absolute atomic E-state index is 0.105. The van der Waals surface area contributed by atoms with Crippen molar-refractivity contribution in [1.82, 2.24) is 19.4 Å². The SMILES string of the molecule is Cc1ccc(-n2ccnc2SCC(=O)N2CCN(C3CCS(=O)(=O)C3)CC2)cc1C. The predicted molar refractivity (Wildman–Crippen MR) is 119 cm³/mol.